The van der Waals surface area contributed by atoms with Crippen LogP contribution in [-0.2, 0) is 0 Å². The summed E-state index contributed by atoms with van der Waals surface area (Å²) in [5, 5.41) is 23.2. The Kier molecular flexibility index (Phi) is 5.66. The number of nitro benzene ring substituents is 1. The maximum absolute atomic E-state index is 10.8. The van der Waals surface area contributed by atoms with Crippen molar-refractivity contribution in [3.8, 4) is 6.07 Å². The minimum atomic E-state index is -0.489. The molecule has 26 heavy (non-hydrogen) atoms. The van der Waals surface area contributed by atoms with Gasteiger partial charge in [0, 0.05) is 57.1 Å². The van der Waals surface area contributed by atoms with Crippen LogP contribution < -0.4 is 10.2 Å². The predicted octanol–water partition coefficient (Wildman–Crippen LogP) is 2.70. The van der Waals surface area contributed by atoms with Crippen LogP contribution in [0.25, 0.3) is 0 Å². The van der Waals surface area contributed by atoms with E-state index in [2.05, 4.69) is 39.4 Å². The van der Waals surface area contributed by atoms with Crippen molar-refractivity contribution < 1.29 is 4.92 Å². The van der Waals surface area contributed by atoms with Crippen LogP contribution in [0.5, 0.6) is 0 Å². The Morgan fingerprint density at radius 2 is 1.85 bits per heavy atom. The van der Waals surface area contributed by atoms with E-state index in [0.717, 1.165) is 32.7 Å². The first-order valence-electron chi connectivity index (χ1n) is 8.62. The number of hydrogen-bond donors (Lipinski definition) is 1. The quantitative estimate of drug-likeness (QED) is 0.636. The monoisotopic (exact) mass is 351 g/mol. The molecule has 1 saturated heterocycles. The summed E-state index contributed by atoms with van der Waals surface area (Å²) >= 11 is 0. The molecule has 2 aromatic rings. The molecule has 3 rings (SSSR count). The molecular weight excluding hydrogens is 330 g/mol. The van der Waals surface area contributed by atoms with Gasteiger partial charge in [0.05, 0.1) is 16.2 Å². The van der Waals surface area contributed by atoms with Gasteiger partial charge in [-0.25, -0.2) is 0 Å². The van der Waals surface area contributed by atoms with Crippen molar-refractivity contribution in [3.05, 3.63) is 64.2 Å². The van der Waals surface area contributed by atoms with E-state index in [1.54, 1.807) is 6.07 Å². The molecule has 0 spiro atoms. The number of nitrogens with zero attached hydrogens (tertiary/aromatic N) is 4. The smallest absolute Gasteiger partial charge is 0.270 e. The summed E-state index contributed by atoms with van der Waals surface area (Å²) in [5.74, 6) is 0. The molecule has 1 N–H and O–H groups in total. The number of anilines is 2. The lowest BCUT2D eigenvalue weighted by Gasteiger charge is -2.36. The molecular formula is C19H21N5O2. The molecule has 7 heteroatoms. The highest BCUT2D eigenvalue weighted by Gasteiger charge is 2.17. The molecule has 0 unspecified atom stereocenters. The fourth-order valence-corrected chi connectivity index (χ4v) is 3.11. The zero-order valence-corrected chi connectivity index (χ0v) is 14.5. The average molecular weight is 351 g/mol. The topological polar surface area (TPSA) is 85.4 Å². The van der Waals surface area contributed by atoms with Crippen LogP contribution in [0.3, 0.4) is 0 Å². The Hall–Kier alpha value is -3.11. The van der Waals surface area contributed by atoms with Crippen LogP contribution in [-0.4, -0.2) is 49.1 Å². The van der Waals surface area contributed by atoms with Crippen molar-refractivity contribution in [1.82, 2.24) is 4.90 Å². The van der Waals surface area contributed by atoms with E-state index in [4.69, 9.17) is 0 Å². The van der Waals surface area contributed by atoms with Crippen LogP contribution in [0.15, 0.2) is 48.5 Å². The molecule has 0 bridgehead atoms. The first-order valence-corrected chi connectivity index (χ1v) is 8.62. The second kappa shape index (κ2) is 8.32. The Labute approximate surface area is 152 Å². The van der Waals surface area contributed by atoms with E-state index in [-0.39, 0.29) is 5.69 Å². The number of rotatable bonds is 6. The minimum Gasteiger partial charge on any atom is -0.383 e. The van der Waals surface area contributed by atoms with E-state index in [1.165, 1.54) is 17.8 Å². The van der Waals surface area contributed by atoms with E-state index < -0.39 is 4.92 Å². The number of nitrogens with one attached hydrogen (secondary N) is 1. The highest BCUT2D eigenvalue weighted by molar-refractivity contribution is 5.61. The lowest BCUT2D eigenvalue weighted by atomic mass is 10.1. The van der Waals surface area contributed by atoms with Gasteiger partial charge >= 0.3 is 0 Å². The van der Waals surface area contributed by atoms with Crippen molar-refractivity contribution >= 4 is 17.1 Å². The third kappa shape index (κ3) is 4.29. The number of nitriles is 1. The van der Waals surface area contributed by atoms with E-state index in [1.807, 2.05) is 12.1 Å². The van der Waals surface area contributed by atoms with Gasteiger partial charge in [0.25, 0.3) is 5.69 Å². The number of non-ortho nitro benzene ring substituents is 1. The Balaban J connectivity index is 1.48. The van der Waals surface area contributed by atoms with Crippen molar-refractivity contribution in [1.29, 1.82) is 5.26 Å². The largest absolute Gasteiger partial charge is 0.383 e. The third-order valence-electron chi connectivity index (χ3n) is 4.57. The number of piperazine rings is 1. The summed E-state index contributed by atoms with van der Waals surface area (Å²) in [6.07, 6.45) is 0. The highest BCUT2D eigenvalue weighted by atomic mass is 16.6. The SMILES string of the molecule is N#Cc1cc([N+](=O)[O-])ccc1NCCN1CCN(c2ccccc2)CC1. The molecule has 0 atom stereocenters. The Bertz CT molecular complexity index is 795. The van der Waals surface area contributed by atoms with Gasteiger partial charge in [0.2, 0.25) is 0 Å². The zero-order chi connectivity index (χ0) is 18.4. The summed E-state index contributed by atoms with van der Waals surface area (Å²) in [5.41, 5.74) is 2.13. The molecule has 0 aromatic heterocycles. The standard InChI is InChI=1S/C19H21N5O2/c20-15-16-14-18(24(25)26)6-7-19(16)21-8-9-22-10-12-23(13-11-22)17-4-2-1-3-5-17/h1-7,14,21H,8-13H2. The molecule has 1 aliphatic rings. The molecule has 1 aliphatic heterocycles. The average Bonchev–Trinajstić information content (AvgIpc) is 2.69. The molecule has 7 nitrogen and oxygen atoms in total. The van der Waals surface area contributed by atoms with Crippen molar-refractivity contribution in [2.75, 3.05) is 49.5 Å². The fraction of sp³-hybridized carbons (Fsp3) is 0.316. The fourth-order valence-electron chi connectivity index (χ4n) is 3.11. The summed E-state index contributed by atoms with van der Waals surface area (Å²) in [6, 6.07) is 16.8. The third-order valence-corrected chi connectivity index (χ3v) is 4.57. The van der Waals surface area contributed by atoms with E-state index >= 15 is 0 Å². The van der Waals surface area contributed by atoms with Crippen LogP contribution in [0.1, 0.15) is 5.56 Å². The second-order valence-corrected chi connectivity index (χ2v) is 6.19. The lowest BCUT2D eigenvalue weighted by molar-refractivity contribution is -0.384. The minimum absolute atomic E-state index is 0.0656. The van der Waals surface area contributed by atoms with E-state index in [9.17, 15) is 15.4 Å². The number of para-hydroxylation sites is 1. The van der Waals surface area contributed by atoms with E-state index in [0.29, 0.717) is 17.8 Å². The van der Waals surface area contributed by atoms with Gasteiger partial charge < -0.3 is 10.2 Å². The summed E-state index contributed by atoms with van der Waals surface area (Å²) in [6.45, 7) is 5.52. The van der Waals surface area contributed by atoms with Crippen molar-refractivity contribution in [3.63, 3.8) is 0 Å². The van der Waals surface area contributed by atoms with Crippen molar-refractivity contribution in [2.24, 2.45) is 0 Å². The van der Waals surface area contributed by atoms with Gasteiger partial charge in [0.1, 0.15) is 6.07 Å². The number of benzene rings is 2. The molecule has 1 fully saturated rings. The van der Waals surface area contributed by atoms with Gasteiger partial charge in [-0.2, -0.15) is 5.26 Å². The Morgan fingerprint density at radius 3 is 2.50 bits per heavy atom. The van der Waals surface area contributed by atoms with Crippen molar-refractivity contribution in [2.45, 2.75) is 0 Å². The molecule has 0 amide bonds. The van der Waals surface area contributed by atoms with Crippen LogP contribution in [0.2, 0.25) is 0 Å². The molecule has 0 saturated carbocycles. The first kappa shape index (κ1) is 17.7. The predicted molar refractivity (Wildman–Crippen MR) is 101 cm³/mol. The molecule has 1 heterocycles. The number of hydrogen-bond acceptors (Lipinski definition) is 6. The zero-order valence-electron chi connectivity index (χ0n) is 14.5. The molecule has 0 radical (unpaired) electrons. The second-order valence-electron chi connectivity index (χ2n) is 6.19. The summed E-state index contributed by atoms with van der Waals surface area (Å²) in [7, 11) is 0. The normalized spacial score (nSPS) is 14.7. The van der Waals surface area contributed by atoms with Gasteiger partial charge in [-0.3, -0.25) is 15.0 Å². The summed E-state index contributed by atoms with van der Waals surface area (Å²) < 4.78 is 0. The Morgan fingerprint density at radius 1 is 1.12 bits per heavy atom. The number of nitro groups is 1. The molecule has 2 aromatic carbocycles. The highest BCUT2D eigenvalue weighted by Crippen LogP contribution is 2.21. The first-order chi connectivity index (χ1) is 12.7. The van der Waals surface area contributed by atoms with Gasteiger partial charge in [-0.15, -0.1) is 0 Å². The van der Waals surface area contributed by atoms with Crippen LogP contribution >= 0.6 is 0 Å². The molecule has 0 aliphatic carbocycles. The van der Waals surface area contributed by atoms with Crippen LogP contribution in [0, 0.1) is 21.4 Å². The maximum atomic E-state index is 10.8. The van der Waals surface area contributed by atoms with Crippen LogP contribution in [0.4, 0.5) is 17.1 Å². The van der Waals surface area contributed by atoms with Gasteiger partial charge in [0.15, 0.2) is 0 Å². The lowest BCUT2D eigenvalue weighted by Crippen LogP contribution is -2.47. The molecule has 134 valence electrons. The maximum Gasteiger partial charge on any atom is 0.270 e. The van der Waals surface area contributed by atoms with Gasteiger partial charge in [-0.05, 0) is 18.2 Å². The summed E-state index contributed by atoms with van der Waals surface area (Å²) in [4.78, 5) is 15.1. The van der Waals surface area contributed by atoms with Gasteiger partial charge in [-0.1, -0.05) is 18.2 Å².